The van der Waals surface area contributed by atoms with Crippen molar-refractivity contribution in [1.82, 2.24) is 10.6 Å². The van der Waals surface area contributed by atoms with Gasteiger partial charge in [-0.05, 0) is 38.2 Å². The summed E-state index contributed by atoms with van der Waals surface area (Å²) in [5, 5.41) is 16.0. The predicted octanol–water partition coefficient (Wildman–Crippen LogP) is 0.925. The van der Waals surface area contributed by atoms with E-state index in [0.29, 0.717) is 0 Å². The van der Waals surface area contributed by atoms with Gasteiger partial charge in [0.2, 0.25) is 0 Å². The van der Waals surface area contributed by atoms with Gasteiger partial charge in [-0.15, -0.1) is 0 Å². The van der Waals surface area contributed by atoms with Gasteiger partial charge in [-0.25, -0.2) is 0 Å². The van der Waals surface area contributed by atoms with E-state index in [2.05, 4.69) is 10.6 Å². The maximum atomic E-state index is 11.8. The van der Waals surface area contributed by atoms with Gasteiger partial charge in [-0.3, -0.25) is 9.59 Å². The highest BCUT2D eigenvalue weighted by molar-refractivity contribution is 6.35. The molecule has 1 aliphatic rings. The quantitative estimate of drug-likeness (QED) is 0.706. The van der Waals surface area contributed by atoms with Gasteiger partial charge in [0.05, 0.1) is 6.54 Å². The first-order chi connectivity index (χ1) is 9.93. The molecule has 0 spiro atoms. The zero-order valence-electron chi connectivity index (χ0n) is 12.4. The molecule has 21 heavy (non-hydrogen) atoms. The first-order valence-corrected chi connectivity index (χ1v) is 7.30. The van der Waals surface area contributed by atoms with E-state index in [0.717, 1.165) is 18.4 Å². The van der Waals surface area contributed by atoms with E-state index in [-0.39, 0.29) is 18.5 Å². The molecule has 1 aromatic rings. The van der Waals surface area contributed by atoms with Gasteiger partial charge >= 0.3 is 11.8 Å². The normalized spacial score (nSPS) is 17.1. The van der Waals surface area contributed by atoms with Crippen molar-refractivity contribution in [1.29, 1.82) is 0 Å². The fraction of sp³-hybridized carbons (Fsp3) is 0.500. The average molecular weight is 290 g/mol. The van der Waals surface area contributed by atoms with Gasteiger partial charge in [0, 0.05) is 6.04 Å². The minimum absolute atomic E-state index is 0.0476. The second-order valence-corrected chi connectivity index (χ2v) is 5.88. The topological polar surface area (TPSA) is 78.4 Å². The molecule has 0 heterocycles. The average Bonchev–Trinajstić information content (AvgIpc) is 3.29. The molecule has 0 aromatic heterocycles. The van der Waals surface area contributed by atoms with Crippen molar-refractivity contribution in [2.45, 2.75) is 38.3 Å². The number of carbonyl (C=O) groups excluding carboxylic acids is 2. The van der Waals surface area contributed by atoms with Gasteiger partial charge in [0.1, 0.15) is 5.60 Å². The number of aliphatic hydroxyl groups is 1. The van der Waals surface area contributed by atoms with E-state index in [1.165, 1.54) is 0 Å². The zero-order valence-corrected chi connectivity index (χ0v) is 12.4. The lowest BCUT2D eigenvalue weighted by atomic mass is 9.88. The molecule has 1 atom stereocenters. The summed E-state index contributed by atoms with van der Waals surface area (Å²) in [5.74, 6) is -1.25. The maximum absolute atomic E-state index is 11.8. The van der Waals surface area contributed by atoms with Crippen LogP contribution in [-0.4, -0.2) is 29.5 Å². The molecular formula is C16H22N2O3. The van der Waals surface area contributed by atoms with Crippen molar-refractivity contribution >= 4 is 11.8 Å². The van der Waals surface area contributed by atoms with Crippen LogP contribution in [0, 0.1) is 5.92 Å². The van der Waals surface area contributed by atoms with Crippen LogP contribution < -0.4 is 10.6 Å². The number of rotatable bonds is 5. The highest BCUT2D eigenvalue weighted by Crippen LogP contribution is 2.45. The minimum Gasteiger partial charge on any atom is -0.383 e. The lowest BCUT2D eigenvalue weighted by Gasteiger charge is -2.29. The second kappa shape index (κ2) is 6.26. The highest BCUT2D eigenvalue weighted by Gasteiger charge is 2.45. The third kappa shape index (κ3) is 3.82. The van der Waals surface area contributed by atoms with E-state index in [1.807, 2.05) is 30.3 Å². The minimum atomic E-state index is -1.10. The Kier molecular flexibility index (Phi) is 4.63. The molecule has 0 bridgehead atoms. The Bertz CT molecular complexity index is 512. The van der Waals surface area contributed by atoms with Crippen LogP contribution in [0.15, 0.2) is 30.3 Å². The van der Waals surface area contributed by atoms with Crippen molar-refractivity contribution in [3.63, 3.8) is 0 Å². The molecule has 0 saturated heterocycles. The summed E-state index contributed by atoms with van der Waals surface area (Å²) in [4.78, 5) is 23.4. The van der Waals surface area contributed by atoms with Gasteiger partial charge in [0.25, 0.3) is 0 Å². The van der Waals surface area contributed by atoms with Gasteiger partial charge in [-0.2, -0.15) is 0 Å². The molecule has 5 heteroatoms. The molecule has 2 amide bonds. The van der Waals surface area contributed by atoms with Gasteiger partial charge in [-0.1, -0.05) is 30.3 Å². The molecule has 1 saturated carbocycles. The number of nitrogens with one attached hydrogen (secondary N) is 2. The Hall–Kier alpha value is -1.88. The van der Waals surface area contributed by atoms with Crippen molar-refractivity contribution < 1.29 is 14.7 Å². The summed E-state index contributed by atoms with van der Waals surface area (Å²) in [6, 6.07) is 9.19. The molecule has 1 aliphatic carbocycles. The second-order valence-electron chi connectivity index (χ2n) is 5.88. The zero-order chi connectivity index (χ0) is 15.5. The Morgan fingerprint density at radius 1 is 1.24 bits per heavy atom. The van der Waals surface area contributed by atoms with Crippen LogP contribution in [-0.2, 0) is 15.2 Å². The van der Waals surface area contributed by atoms with Crippen LogP contribution >= 0.6 is 0 Å². The fourth-order valence-electron chi connectivity index (χ4n) is 2.39. The molecule has 0 radical (unpaired) electrons. The van der Waals surface area contributed by atoms with Crippen LogP contribution in [0.5, 0.6) is 0 Å². The van der Waals surface area contributed by atoms with Gasteiger partial charge < -0.3 is 15.7 Å². The lowest BCUT2D eigenvalue weighted by molar-refractivity contribution is -0.140. The molecule has 0 aliphatic heterocycles. The molecule has 114 valence electrons. The number of carbonyl (C=O) groups is 2. The van der Waals surface area contributed by atoms with Crippen molar-refractivity contribution in [3.8, 4) is 0 Å². The molecule has 1 fully saturated rings. The third-order valence-corrected chi connectivity index (χ3v) is 3.67. The van der Waals surface area contributed by atoms with E-state index in [4.69, 9.17) is 0 Å². The summed E-state index contributed by atoms with van der Waals surface area (Å²) in [6.45, 7) is 3.62. The highest BCUT2D eigenvalue weighted by atomic mass is 16.3. The van der Waals surface area contributed by atoms with Crippen molar-refractivity contribution in [3.05, 3.63) is 35.9 Å². The lowest BCUT2D eigenvalue weighted by Crippen LogP contribution is -2.48. The van der Waals surface area contributed by atoms with Crippen molar-refractivity contribution in [2.24, 2.45) is 5.92 Å². The van der Waals surface area contributed by atoms with E-state index in [1.54, 1.807) is 13.8 Å². The summed E-state index contributed by atoms with van der Waals surface area (Å²) < 4.78 is 0. The SMILES string of the molecule is CC(C)NC(=O)C(=O)NC[C@@](O)(c1ccccc1)C1CC1. The molecular weight excluding hydrogens is 268 g/mol. The van der Waals surface area contributed by atoms with E-state index >= 15 is 0 Å². The monoisotopic (exact) mass is 290 g/mol. The Balaban J connectivity index is 2.01. The first kappa shape index (κ1) is 15.5. The fourth-order valence-corrected chi connectivity index (χ4v) is 2.39. The summed E-state index contributed by atoms with van der Waals surface area (Å²) in [7, 11) is 0. The Labute approximate surface area is 124 Å². The molecule has 5 nitrogen and oxygen atoms in total. The molecule has 0 unspecified atom stereocenters. The van der Waals surface area contributed by atoms with Crippen LogP contribution in [0.2, 0.25) is 0 Å². The summed E-state index contributed by atoms with van der Waals surface area (Å²) >= 11 is 0. The van der Waals surface area contributed by atoms with Crippen LogP contribution in [0.4, 0.5) is 0 Å². The molecule has 3 N–H and O–H groups in total. The molecule has 2 rings (SSSR count). The predicted molar refractivity (Wildman–Crippen MR) is 79.4 cm³/mol. The van der Waals surface area contributed by atoms with E-state index < -0.39 is 17.4 Å². The van der Waals surface area contributed by atoms with Crippen LogP contribution in [0.25, 0.3) is 0 Å². The number of hydrogen-bond acceptors (Lipinski definition) is 3. The van der Waals surface area contributed by atoms with Crippen molar-refractivity contribution in [2.75, 3.05) is 6.54 Å². The number of benzene rings is 1. The molecule has 1 aromatic carbocycles. The van der Waals surface area contributed by atoms with Crippen LogP contribution in [0.1, 0.15) is 32.3 Å². The maximum Gasteiger partial charge on any atom is 0.309 e. The number of amides is 2. The standard InChI is InChI=1S/C16H22N2O3/c1-11(2)18-15(20)14(19)17-10-16(21,13-8-9-13)12-6-4-3-5-7-12/h3-7,11,13,21H,8-10H2,1-2H3,(H,17,19)(H,18,20)/t16-/m1/s1. The largest absolute Gasteiger partial charge is 0.383 e. The smallest absolute Gasteiger partial charge is 0.309 e. The Morgan fingerprint density at radius 3 is 2.38 bits per heavy atom. The van der Waals surface area contributed by atoms with Crippen LogP contribution in [0.3, 0.4) is 0 Å². The van der Waals surface area contributed by atoms with Gasteiger partial charge in [0.15, 0.2) is 0 Å². The summed E-state index contributed by atoms with van der Waals surface area (Å²) in [5.41, 5.74) is -0.327. The van der Waals surface area contributed by atoms with E-state index in [9.17, 15) is 14.7 Å². The number of hydrogen-bond donors (Lipinski definition) is 3. The first-order valence-electron chi connectivity index (χ1n) is 7.30. The third-order valence-electron chi connectivity index (χ3n) is 3.67. The summed E-state index contributed by atoms with van der Waals surface area (Å²) in [6.07, 6.45) is 1.86. The Morgan fingerprint density at radius 2 is 1.86 bits per heavy atom.